The lowest BCUT2D eigenvalue weighted by atomic mass is 9.82. The Morgan fingerprint density at radius 3 is 1.59 bits per heavy atom. The Kier molecular flexibility index (Phi) is 8.23. The molecule has 1 aliphatic carbocycles. The third kappa shape index (κ3) is 5.55. The molecule has 1 nitrogen and oxygen atoms in total. The van der Waals surface area contributed by atoms with Gasteiger partial charge >= 0.3 is 0 Å². The molecule has 0 saturated heterocycles. The molecule has 0 bridgehead atoms. The molecule has 0 N–H and O–H groups in total. The second-order valence-electron chi connectivity index (χ2n) is 15.3. The van der Waals surface area contributed by atoms with E-state index in [0.29, 0.717) is 0 Å². The van der Waals surface area contributed by atoms with E-state index in [1.165, 1.54) is 83.2 Å². The molecule has 0 saturated carbocycles. The van der Waals surface area contributed by atoms with Crippen molar-refractivity contribution < 1.29 is 0 Å². The minimum absolute atomic E-state index is 0.141. The maximum Gasteiger partial charge on any atom is 0.0546 e. The lowest BCUT2D eigenvalue weighted by molar-refractivity contribution is 0.660. The van der Waals surface area contributed by atoms with Gasteiger partial charge < -0.3 is 4.90 Å². The first-order valence-corrected chi connectivity index (χ1v) is 19.5. The molecule has 9 aromatic carbocycles. The highest BCUT2D eigenvalue weighted by Gasteiger charge is 2.38. The minimum atomic E-state index is -0.141. The summed E-state index contributed by atoms with van der Waals surface area (Å²) >= 11 is 0. The summed E-state index contributed by atoms with van der Waals surface area (Å²) in [5, 5.41) is 2.46. The zero-order chi connectivity index (χ0) is 37.6. The van der Waals surface area contributed by atoms with E-state index in [1.807, 2.05) is 0 Å². The molecule has 9 aromatic rings. The standard InChI is InChI=1S/C55H41N/c1-55(2)49-30-14-13-27-48(49)54-50(55)31-17-33-52(54)56(42-36-34-39(35-37-42)38-18-5-3-6-19-38)51-32-16-29-47(45-28-15-23-41-22-9-10-24-43(41)45)53(51)46-26-12-11-25-44(46)40-20-7-4-8-21-40/h3-37H,1-2H3. The second-order valence-corrected chi connectivity index (χ2v) is 15.3. The summed E-state index contributed by atoms with van der Waals surface area (Å²) < 4.78 is 0. The predicted octanol–water partition coefficient (Wildman–Crippen LogP) is 15.3. The quantitative estimate of drug-likeness (QED) is 0.159. The van der Waals surface area contributed by atoms with Crippen molar-refractivity contribution in [2.75, 3.05) is 4.90 Å². The summed E-state index contributed by atoms with van der Waals surface area (Å²) in [4.78, 5) is 2.53. The monoisotopic (exact) mass is 715 g/mol. The molecule has 0 spiro atoms. The van der Waals surface area contributed by atoms with E-state index in [2.05, 4.69) is 231 Å². The fourth-order valence-corrected chi connectivity index (χ4v) is 9.03. The highest BCUT2D eigenvalue weighted by atomic mass is 15.1. The Bertz CT molecular complexity index is 2860. The average Bonchev–Trinajstić information content (AvgIpc) is 3.50. The number of anilines is 3. The third-order valence-electron chi connectivity index (χ3n) is 11.7. The Morgan fingerprint density at radius 2 is 0.821 bits per heavy atom. The predicted molar refractivity (Wildman–Crippen MR) is 238 cm³/mol. The van der Waals surface area contributed by atoms with E-state index in [1.54, 1.807) is 0 Å². The van der Waals surface area contributed by atoms with Gasteiger partial charge in [-0.25, -0.2) is 0 Å². The van der Waals surface area contributed by atoms with Gasteiger partial charge in [-0.2, -0.15) is 0 Å². The summed E-state index contributed by atoms with van der Waals surface area (Å²) in [7, 11) is 0. The first kappa shape index (κ1) is 33.6. The topological polar surface area (TPSA) is 3.24 Å². The molecule has 0 aromatic heterocycles. The van der Waals surface area contributed by atoms with Gasteiger partial charge in [-0.1, -0.05) is 202 Å². The molecule has 0 heterocycles. The largest absolute Gasteiger partial charge is 0.309 e. The molecule has 0 fully saturated rings. The van der Waals surface area contributed by atoms with E-state index < -0.39 is 0 Å². The van der Waals surface area contributed by atoms with Crippen LogP contribution in [0.1, 0.15) is 25.0 Å². The zero-order valence-electron chi connectivity index (χ0n) is 31.7. The van der Waals surface area contributed by atoms with E-state index in [4.69, 9.17) is 0 Å². The molecule has 1 heteroatoms. The fourth-order valence-electron chi connectivity index (χ4n) is 9.03. The van der Waals surface area contributed by atoms with Crippen LogP contribution in [0.4, 0.5) is 17.1 Å². The van der Waals surface area contributed by atoms with Crippen molar-refractivity contribution in [1.29, 1.82) is 0 Å². The molecular weight excluding hydrogens is 675 g/mol. The van der Waals surface area contributed by atoms with Gasteiger partial charge in [0.05, 0.1) is 11.4 Å². The summed E-state index contributed by atoms with van der Waals surface area (Å²) in [5.74, 6) is 0. The summed E-state index contributed by atoms with van der Waals surface area (Å²) in [6, 6.07) is 77.7. The Morgan fingerprint density at radius 1 is 0.321 bits per heavy atom. The van der Waals surface area contributed by atoms with Gasteiger partial charge in [0.15, 0.2) is 0 Å². The van der Waals surface area contributed by atoms with E-state index >= 15 is 0 Å². The van der Waals surface area contributed by atoms with Gasteiger partial charge in [-0.15, -0.1) is 0 Å². The molecule has 266 valence electrons. The van der Waals surface area contributed by atoms with Crippen LogP contribution in [0.15, 0.2) is 212 Å². The molecule has 0 unspecified atom stereocenters. The average molecular weight is 716 g/mol. The number of hydrogen-bond acceptors (Lipinski definition) is 1. The van der Waals surface area contributed by atoms with Crippen molar-refractivity contribution in [2.24, 2.45) is 0 Å². The molecular formula is C55H41N. The van der Waals surface area contributed by atoms with E-state index in [0.717, 1.165) is 11.4 Å². The fraction of sp³-hybridized carbons (Fsp3) is 0.0545. The van der Waals surface area contributed by atoms with E-state index in [-0.39, 0.29) is 5.41 Å². The molecule has 0 aliphatic heterocycles. The van der Waals surface area contributed by atoms with Crippen molar-refractivity contribution in [2.45, 2.75) is 19.3 Å². The molecule has 1 aliphatic rings. The Balaban J connectivity index is 1.31. The van der Waals surface area contributed by atoms with Crippen LogP contribution in [-0.2, 0) is 5.41 Å². The maximum absolute atomic E-state index is 2.53. The normalized spacial score (nSPS) is 12.6. The number of nitrogens with zero attached hydrogens (tertiary/aromatic N) is 1. The summed E-state index contributed by atoms with van der Waals surface area (Å²) in [6.45, 7) is 4.73. The van der Waals surface area contributed by atoms with Crippen molar-refractivity contribution in [3.8, 4) is 55.6 Å². The van der Waals surface area contributed by atoms with Crippen LogP contribution in [0, 0.1) is 0 Å². The van der Waals surface area contributed by atoms with Crippen molar-refractivity contribution in [1.82, 2.24) is 0 Å². The number of fused-ring (bicyclic) bond motifs is 4. The lowest BCUT2D eigenvalue weighted by Gasteiger charge is -2.32. The second kappa shape index (κ2) is 13.7. The van der Waals surface area contributed by atoms with Gasteiger partial charge in [0.1, 0.15) is 0 Å². The van der Waals surface area contributed by atoms with Crippen LogP contribution >= 0.6 is 0 Å². The van der Waals surface area contributed by atoms with Gasteiger partial charge in [0, 0.05) is 22.2 Å². The molecule has 10 rings (SSSR count). The Labute approximate surface area is 329 Å². The molecule has 56 heavy (non-hydrogen) atoms. The third-order valence-corrected chi connectivity index (χ3v) is 11.7. The first-order chi connectivity index (χ1) is 27.6. The van der Waals surface area contributed by atoms with Gasteiger partial charge in [-0.05, 0) is 90.7 Å². The summed E-state index contributed by atoms with van der Waals surface area (Å²) in [5.41, 5.74) is 18.1. The van der Waals surface area contributed by atoms with Gasteiger partial charge in [0.2, 0.25) is 0 Å². The van der Waals surface area contributed by atoms with E-state index in [9.17, 15) is 0 Å². The van der Waals surface area contributed by atoms with Crippen molar-refractivity contribution in [3.05, 3.63) is 223 Å². The minimum Gasteiger partial charge on any atom is -0.309 e. The van der Waals surface area contributed by atoms with Crippen LogP contribution in [-0.4, -0.2) is 0 Å². The van der Waals surface area contributed by atoms with Gasteiger partial charge in [-0.3, -0.25) is 0 Å². The SMILES string of the molecule is CC1(C)c2ccccc2-c2c(N(c3ccc(-c4ccccc4)cc3)c3cccc(-c4cccc5ccccc45)c3-c3ccccc3-c3ccccc3)cccc21. The zero-order valence-corrected chi connectivity index (χ0v) is 31.7. The number of benzene rings is 9. The van der Waals surface area contributed by atoms with Crippen LogP contribution < -0.4 is 4.90 Å². The van der Waals surface area contributed by atoms with Crippen molar-refractivity contribution in [3.63, 3.8) is 0 Å². The summed E-state index contributed by atoms with van der Waals surface area (Å²) in [6.07, 6.45) is 0. The highest BCUT2D eigenvalue weighted by Crippen LogP contribution is 2.56. The Hall–Kier alpha value is -6.96. The van der Waals surface area contributed by atoms with Crippen molar-refractivity contribution >= 4 is 27.8 Å². The number of hydrogen-bond donors (Lipinski definition) is 0. The molecule has 0 atom stereocenters. The first-order valence-electron chi connectivity index (χ1n) is 19.5. The smallest absolute Gasteiger partial charge is 0.0546 e. The molecule has 0 amide bonds. The van der Waals surface area contributed by atoms with Crippen LogP contribution in [0.5, 0.6) is 0 Å². The highest BCUT2D eigenvalue weighted by molar-refractivity contribution is 6.07. The van der Waals surface area contributed by atoms with Crippen LogP contribution in [0.2, 0.25) is 0 Å². The lowest BCUT2D eigenvalue weighted by Crippen LogP contribution is -2.16. The van der Waals surface area contributed by atoms with Crippen LogP contribution in [0.25, 0.3) is 66.4 Å². The van der Waals surface area contributed by atoms with Gasteiger partial charge in [0.25, 0.3) is 0 Å². The maximum atomic E-state index is 2.53. The molecule has 0 radical (unpaired) electrons. The number of rotatable bonds is 7. The van der Waals surface area contributed by atoms with Crippen LogP contribution in [0.3, 0.4) is 0 Å².